The molecule has 2 nitrogen and oxygen atoms in total. The van der Waals surface area contributed by atoms with Crippen LogP contribution in [0.25, 0.3) is 0 Å². The molecule has 0 aromatic rings. The van der Waals surface area contributed by atoms with Crippen molar-refractivity contribution in [2.45, 2.75) is 83.8 Å². The molecule has 2 heteroatoms. The monoisotopic (exact) mass is 252 g/mol. The summed E-state index contributed by atoms with van der Waals surface area (Å²) >= 11 is 0. The summed E-state index contributed by atoms with van der Waals surface area (Å²) in [6, 6.07) is 2.37. The normalized spacial score (nSPS) is 31.5. The summed E-state index contributed by atoms with van der Waals surface area (Å²) in [5.74, 6) is 1.06. The largest absolute Gasteiger partial charge is 0.311 e. The molecule has 3 unspecified atom stereocenters. The lowest BCUT2D eigenvalue weighted by atomic mass is 9.97. The predicted octanol–water partition coefficient (Wildman–Crippen LogP) is 3.42. The predicted molar refractivity (Wildman–Crippen MR) is 78.9 cm³/mol. The van der Waals surface area contributed by atoms with Gasteiger partial charge in [-0.3, -0.25) is 4.90 Å². The van der Waals surface area contributed by atoms with E-state index in [9.17, 15) is 0 Å². The lowest BCUT2D eigenvalue weighted by Gasteiger charge is -2.44. The Balaban J connectivity index is 1.93. The quantitative estimate of drug-likeness (QED) is 0.747. The highest BCUT2D eigenvalue weighted by molar-refractivity contribution is 4.91. The van der Waals surface area contributed by atoms with E-state index in [1.54, 1.807) is 0 Å². The Hall–Kier alpha value is -0.0800. The van der Waals surface area contributed by atoms with Gasteiger partial charge in [0, 0.05) is 31.2 Å². The first-order valence-electron chi connectivity index (χ1n) is 8.27. The van der Waals surface area contributed by atoms with Crippen molar-refractivity contribution in [1.82, 2.24) is 10.2 Å². The van der Waals surface area contributed by atoms with Gasteiger partial charge in [-0.25, -0.2) is 0 Å². The Bertz CT molecular complexity index is 237. The highest BCUT2D eigenvalue weighted by atomic mass is 15.3. The van der Waals surface area contributed by atoms with Crippen LogP contribution in [0.1, 0.15) is 65.7 Å². The van der Waals surface area contributed by atoms with E-state index in [0.717, 1.165) is 24.0 Å². The molecular formula is C16H32N2. The molecule has 0 spiro atoms. The number of nitrogens with one attached hydrogen (secondary N) is 1. The van der Waals surface area contributed by atoms with E-state index in [2.05, 4.69) is 31.0 Å². The molecular weight excluding hydrogens is 220 g/mol. The minimum absolute atomic E-state index is 0.742. The zero-order chi connectivity index (χ0) is 13.0. The van der Waals surface area contributed by atoms with Gasteiger partial charge >= 0.3 is 0 Å². The summed E-state index contributed by atoms with van der Waals surface area (Å²) in [4.78, 5) is 2.86. The van der Waals surface area contributed by atoms with Crippen LogP contribution < -0.4 is 5.32 Å². The maximum atomic E-state index is 3.76. The second kappa shape index (κ2) is 6.91. The SMILES string of the molecule is CCCC1CN(C(CC)CC2CC2)C(CC)CN1. The smallest absolute Gasteiger partial charge is 0.0221 e. The van der Waals surface area contributed by atoms with Crippen molar-refractivity contribution in [3.63, 3.8) is 0 Å². The van der Waals surface area contributed by atoms with Crippen LogP contribution in [0.5, 0.6) is 0 Å². The van der Waals surface area contributed by atoms with Crippen LogP contribution in [0.4, 0.5) is 0 Å². The average molecular weight is 252 g/mol. The Morgan fingerprint density at radius 1 is 1.22 bits per heavy atom. The highest BCUT2D eigenvalue weighted by Gasteiger charge is 2.34. The molecule has 2 aliphatic rings. The molecule has 106 valence electrons. The topological polar surface area (TPSA) is 15.3 Å². The third kappa shape index (κ3) is 3.71. The van der Waals surface area contributed by atoms with Crippen LogP contribution in [0, 0.1) is 5.92 Å². The van der Waals surface area contributed by atoms with E-state index in [4.69, 9.17) is 0 Å². The fourth-order valence-corrected chi connectivity index (χ4v) is 3.53. The highest BCUT2D eigenvalue weighted by Crippen LogP contribution is 2.36. The lowest BCUT2D eigenvalue weighted by molar-refractivity contribution is 0.0670. The van der Waals surface area contributed by atoms with Gasteiger partial charge in [0.25, 0.3) is 0 Å². The fourth-order valence-electron chi connectivity index (χ4n) is 3.53. The molecule has 1 saturated heterocycles. The second-order valence-electron chi connectivity index (χ2n) is 6.39. The Morgan fingerprint density at radius 3 is 2.56 bits per heavy atom. The molecule has 1 aliphatic heterocycles. The van der Waals surface area contributed by atoms with Crippen LogP contribution in [-0.2, 0) is 0 Å². The molecule has 1 N–H and O–H groups in total. The molecule has 3 atom stereocenters. The summed E-state index contributed by atoms with van der Waals surface area (Å²) in [6.07, 6.45) is 9.74. The summed E-state index contributed by atoms with van der Waals surface area (Å²) in [7, 11) is 0. The van der Waals surface area contributed by atoms with Gasteiger partial charge in [-0.15, -0.1) is 0 Å². The van der Waals surface area contributed by atoms with Crippen LogP contribution in [0.2, 0.25) is 0 Å². The Kier molecular flexibility index (Phi) is 5.50. The lowest BCUT2D eigenvalue weighted by Crippen LogP contribution is -2.59. The molecule has 0 amide bonds. The minimum Gasteiger partial charge on any atom is -0.311 e. The summed E-state index contributed by atoms with van der Waals surface area (Å²) in [5.41, 5.74) is 0. The Morgan fingerprint density at radius 2 is 2.00 bits per heavy atom. The van der Waals surface area contributed by atoms with Gasteiger partial charge in [-0.1, -0.05) is 40.0 Å². The number of nitrogens with zero attached hydrogens (tertiary/aromatic N) is 1. The van der Waals surface area contributed by atoms with Crippen molar-refractivity contribution in [2.75, 3.05) is 13.1 Å². The zero-order valence-electron chi connectivity index (χ0n) is 12.6. The maximum Gasteiger partial charge on any atom is 0.0221 e. The van der Waals surface area contributed by atoms with Crippen molar-refractivity contribution >= 4 is 0 Å². The van der Waals surface area contributed by atoms with E-state index >= 15 is 0 Å². The number of hydrogen-bond donors (Lipinski definition) is 1. The van der Waals surface area contributed by atoms with E-state index in [1.165, 1.54) is 58.0 Å². The van der Waals surface area contributed by atoms with Crippen LogP contribution >= 0.6 is 0 Å². The molecule has 18 heavy (non-hydrogen) atoms. The average Bonchev–Trinajstić information content (AvgIpc) is 3.20. The summed E-state index contributed by atoms with van der Waals surface area (Å²) < 4.78 is 0. The molecule has 1 aliphatic carbocycles. The van der Waals surface area contributed by atoms with Crippen LogP contribution in [-0.4, -0.2) is 36.1 Å². The standard InChI is InChI=1S/C16H32N2/c1-4-7-14-12-18(16(6-3)11-17-14)15(5-2)10-13-8-9-13/h13-17H,4-12H2,1-3H3. The molecule has 0 aromatic carbocycles. The fraction of sp³-hybridized carbons (Fsp3) is 1.00. The van der Waals surface area contributed by atoms with Gasteiger partial charge in [0.1, 0.15) is 0 Å². The van der Waals surface area contributed by atoms with Gasteiger partial charge < -0.3 is 5.32 Å². The van der Waals surface area contributed by atoms with Gasteiger partial charge in [0.05, 0.1) is 0 Å². The van der Waals surface area contributed by atoms with Crippen molar-refractivity contribution in [3.8, 4) is 0 Å². The zero-order valence-corrected chi connectivity index (χ0v) is 12.6. The van der Waals surface area contributed by atoms with E-state index in [1.807, 2.05) is 0 Å². The molecule has 0 radical (unpaired) electrons. The molecule has 0 bridgehead atoms. The van der Waals surface area contributed by atoms with Crippen LogP contribution in [0.3, 0.4) is 0 Å². The van der Waals surface area contributed by atoms with E-state index in [0.29, 0.717) is 0 Å². The third-order valence-corrected chi connectivity index (χ3v) is 4.89. The summed E-state index contributed by atoms with van der Waals surface area (Å²) in [5, 5.41) is 3.76. The summed E-state index contributed by atoms with van der Waals surface area (Å²) in [6.45, 7) is 9.54. The van der Waals surface area contributed by atoms with Crippen molar-refractivity contribution in [3.05, 3.63) is 0 Å². The number of hydrogen-bond acceptors (Lipinski definition) is 2. The van der Waals surface area contributed by atoms with E-state index in [-0.39, 0.29) is 0 Å². The van der Waals surface area contributed by atoms with Gasteiger partial charge in [0.15, 0.2) is 0 Å². The van der Waals surface area contributed by atoms with Gasteiger partial charge in [-0.05, 0) is 31.6 Å². The maximum absolute atomic E-state index is 3.76. The molecule has 1 heterocycles. The molecule has 0 aromatic heterocycles. The third-order valence-electron chi connectivity index (χ3n) is 4.89. The van der Waals surface area contributed by atoms with Crippen molar-refractivity contribution in [2.24, 2.45) is 5.92 Å². The first-order chi connectivity index (χ1) is 8.78. The first kappa shape index (κ1) is 14.3. The first-order valence-corrected chi connectivity index (χ1v) is 8.27. The van der Waals surface area contributed by atoms with Crippen molar-refractivity contribution < 1.29 is 0 Å². The van der Waals surface area contributed by atoms with Crippen LogP contribution in [0.15, 0.2) is 0 Å². The molecule has 2 fully saturated rings. The Labute approximate surface area is 114 Å². The van der Waals surface area contributed by atoms with Gasteiger partial charge in [-0.2, -0.15) is 0 Å². The second-order valence-corrected chi connectivity index (χ2v) is 6.39. The number of rotatable bonds is 7. The number of piperazine rings is 1. The van der Waals surface area contributed by atoms with Gasteiger partial charge in [0.2, 0.25) is 0 Å². The molecule has 1 saturated carbocycles. The molecule has 2 rings (SSSR count). The van der Waals surface area contributed by atoms with E-state index < -0.39 is 0 Å². The van der Waals surface area contributed by atoms with Crippen molar-refractivity contribution in [1.29, 1.82) is 0 Å². The minimum atomic E-state index is 0.742.